The van der Waals surface area contributed by atoms with E-state index in [1.54, 1.807) is 0 Å². The van der Waals surface area contributed by atoms with Gasteiger partial charge in [-0.1, -0.05) is 6.92 Å². The summed E-state index contributed by atoms with van der Waals surface area (Å²) in [6, 6.07) is 2.08. The zero-order valence-electron chi connectivity index (χ0n) is 8.06. The van der Waals surface area contributed by atoms with Gasteiger partial charge >= 0.3 is 0 Å². The summed E-state index contributed by atoms with van der Waals surface area (Å²) in [7, 11) is 0. The van der Waals surface area contributed by atoms with Gasteiger partial charge in [0.2, 0.25) is 0 Å². The second kappa shape index (κ2) is 3.31. The molecule has 1 aliphatic rings. The molecule has 0 spiro atoms. The lowest BCUT2D eigenvalue weighted by Crippen LogP contribution is -2.21. The Labute approximate surface area is 81.9 Å². The zero-order chi connectivity index (χ0) is 10.3. The van der Waals surface area contributed by atoms with E-state index in [1.165, 1.54) is 6.07 Å². The summed E-state index contributed by atoms with van der Waals surface area (Å²) < 4.78 is 26.4. The van der Waals surface area contributed by atoms with Crippen molar-refractivity contribution >= 4 is 0 Å². The molecule has 1 nitrogen and oxygen atoms in total. The molecule has 76 valence electrons. The molecule has 0 amide bonds. The predicted octanol–water partition coefficient (Wildman–Crippen LogP) is 2.86. The molecular weight excluding hydrogens is 184 g/mol. The maximum absolute atomic E-state index is 13.5. The van der Waals surface area contributed by atoms with Crippen LogP contribution in [-0.2, 0) is 0 Å². The quantitative estimate of drug-likeness (QED) is 0.680. The van der Waals surface area contributed by atoms with Crippen LogP contribution < -0.4 is 5.73 Å². The maximum Gasteiger partial charge on any atom is 0.129 e. The van der Waals surface area contributed by atoms with E-state index in [2.05, 4.69) is 0 Å². The Hall–Kier alpha value is -0.960. The Morgan fingerprint density at radius 2 is 2.00 bits per heavy atom. The minimum atomic E-state index is -0.536. The van der Waals surface area contributed by atoms with Crippen LogP contribution in [0.3, 0.4) is 0 Å². The maximum atomic E-state index is 13.5. The third-order valence-corrected chi connectivity index (χ3v) is 2.93. The SMILES string of the molecule is CC1CC[C@@H](N)c2cc(F)cc(F)c21. The molecule has 3 heteroatoms. The molecule has 0 bridgehead atoms. The highest BCUT2D eigenvalue weighted by atomic mass is 19.1. The monoisotopic (exact) mass is 197 g/mol. The molecular formula is C11H13F2N. The van der Waals surface area contributed by atoms with E-state index < -0.39 is 11.6 Å². The lowest BCUT2D eigenvalue weighted by Gasteiger charge is -2.27. The molecule has 1 aromatic rings. The fourth-order valence-corrected chi connectivity index (χ4v) is 2.16. The minimum Gasteiger partial charge on any atom is -0.324 e. The van der Waals surface area contributed by atoms with Gasteiger partial charge in [0.1, 0.15) is 11.6 Å². The smallest absolute Gasteiger partial charge is 0.129 e. The molecule has 0 saturated carbocycles. The predicted molar refractivity (Wildman–Crippen MR) is 50.9 cm³/mol. The van der Waals surface area contributed by atoms with Crippen molar-refractivity contribution in [2.75, 3.05) is 0 Å². The summed E-state index contributed by atoms with van der Waals surface area (Å²) in [5, 5.41) is 0. The van der Waals surface area contributed by atoms with Gasteiger partial charge < -0.3 is 5.73 Å². The van der Waals surface area contributed by atoms with Crippen molar-refractivity contribution < 1.29 is 8.78 Å². The number of nitrogens with two attached hydrogens (primary N) is 1. The van der Waals surface area contributed by atoms with Crippen molar-refractivity contribution in [2.45, 2.75) is 31.7 Å². The molecule has 1 aliphatic carbocycles. The molecule has 1 aromatic carbocycles. The average molecular weight is 197 g/mol. The third kappa shape index (κ3) is 1.42. The first-order valence-electron chi connectivity index (χ1n) is 4.84. The highest BCUT2D eigenvalue weighted by Gasteiger charge is 2.25. The molecule has 0 aliphatic heterocycles. The topological polar surface area (TPSA) is 26.0 Å². The first-order valence-corrected chi connectivity index (χ1v) is 4.84. The van der Waals surface area contributed by atoms with Crippen molar-refractivity contribution in [3.8, 4) is 0 Å². The summed E-state index contributed by atoms with van der Waals surface area (Å²) in [6.07, 6.45) is 1.67. The second-order valence-corrected chi connectivity index (χ2v) is 3.98. The minimum absolute atomic E-state index is 0.144. The van der Waals surface area contributed by atoms with Gasteiger partial charge in [-0.3, -0.25) is 0 Å². The first kappa shape index (κ1) is 9.59. The highest BCUT2D eigenvalue weighted by molar-refractivity contribution is 5.36. The van der Waals surface area contributed by atoms with Crippen molar-refractivity contribution in [3.63, 3.8) is 0 Å². The summed E-state index contributed by atoms with van der Waals surface area (Å²) in [6.45, 7) is 1.95. The van der Waals surface area contributed by atoms with E-state index in [4.69, 9.17) is 5.73 Å². The molecule has 0 radical (unpaired) electrons. The van der Waals surface area contributed by atoms with Crippen LogP contribution in [0.15, 0.2) is 12.1 Å². The van der Waals surface area contributed by atoms with E-state index in [0.29, 0.717) is 11.1 Å². The second-order valence-electron chi connectivity index (χ2n) is 3.98. The normalized spacial score (nSPS) is 26.0. The van der Waals surface area contributed by atoms with E-state index in [9.17, 15) is 8.78 Å². The number of hydrogen-bond donors (Lipinski definition) is 1. The third-order valence-electron chi connectivity index (χ3n) is 2.93. The fraction of sp³-hybridized carbons (Fsp3) is 0.455. The number of rotatable bonds is 0. The van der Waals surface area contributed by atoms with Gasteiger partial charge in [0.05, 0.1) is 0 Å². The standard InChI is InChI=1S/C11H13F2N/c1-6-2-3-10(14)8-4-7(12)5-9(13)11(6)8/h4-6,10H,2-3,14H2,1H3/t6?,10-/m1/s1. The van der Waals surface area contributed by atoms with Crippen LogP contribution in [0, 0.1) is 11.6 Å². The average Bonchev–Trinajstić information content (AvgIpc) is 2.10. The molecule has 0 saturated heterocycles. The molecule has 2 rings (SSSR count). The number of benzene rings is 1. The van der Waals surface area contributed by atoms with Crippen LogP contribution in [0.1, 0.15) is 42.9 Å². The molecule has 0 fully saturated rings. The molecule has 2 N–H and O–H groups in total. The summed E-state index contributed by atoms with van der Waals surface area (Å²) >= 11 is 0. The summed E-state index contributed by atoms with van der Waals surface area (Å²) in [4.78, 5) is 0. The van der Waals surface area contributed by atoms with Gasteiger partial charge in [0.15, 0.2) is 0 Å². The fourth-order valence-electron chi connectivity index (χ4n) is 2.16. The van der Waals surface area contributed by atoms with Crippen molar-refractivity contribution in [1.82, 2.24) is 0 Å². The number of fused-ring (bicyclic) bond motifs is 1. The molecule has 14 heavy (non-hydrogen) atoms. The molecule has 0 heterocycles. The van der Waals surface area contributed by atoms with Crippen LogP contribution in [0.2, 0.25) is 0 Å². The van der Waals surface area contributed by atoms with E-state index in [0.717, 1.165) is 18.9 Å². The van der Waals surface area contributed by atoms with Crippen LogP contribution >= 0.6 is 0 Å². The van der Waals surface area contributed by atoms with E-state index >= 15 is 0 Å². The summed E-state index contributed by atoms with van der Waals surface area (Å²) in [5.41, 5.74) is 7.06. The first-order chi connectivity index (χ1) is 6.59. The lowest BCUT2D eigenvalue weighted by atomic mass is 9.81. The van der Waals surface area contributed by atoms with Crippen LogP contribution in [0.4, 0.5) is 8.78 Å². The van der Waals surface area contributed by atoms with Crippen LogP contribution in [-0.4, -0.2) is 0 Å². The van der Waals surface area contributed by atoms with Gasteiger partial charge in [-0.05, 0) is 36.0 Å². The molecule has 0 aromatic heterocycles. The lowest BCUT2D eigenvalue weighted by molar-refractivity contribution is 0.473. The van der Waals surface area contributed by atoms with Crippen LogP contribution in [0.5, 0.6) is 0 Å². The number of hydrogen-bond acceptors (Lipinski definition) is 1. The zero-order valence-corrected chi connectivity index (χ0v) is 8.06. The number of halogens is 2. The molecule has 1 unspecified atom stereocenters. The highest BCUT2D eigenvalue weighted by Crippen LogP contribution is 2.37. The van der Waals surface area contributed by atoms with Gasteiger partial charge in [-0.15, -0.1) is 0 Å². The Morgan fingerprint density at radius 3 is 2.71 bits per heavy atom. The van der Waals surface area contributed by atoms with Gasteiger partial charge in [-0.2, -0.15) is 0 Å². The Balaban J connectivity index is 2.60. The Morgan fingerprint density at radius 1 is 1.29 bits per heavy atom. The largest absolute Gasteiger partial charge is 0.324 e. The van der Waals surface area contributed by atoms with Gasteiger partial charge in [0, 0.05) is 12.1 Å². The van der Waals surface area contributed by atoms with Crippen molar-refractivity contribution in [1.29, 1.82) is 0 Å². The van der Waals surface area contributed by atoms with Crippen molar-refractivity contribution in [3.05, 3.63) is 34.9 Å². The summed E-state index contributed by atoms with van der Waals surface area (Å²) in [5.74, 6) is -0.848. The molecule has 2 atom stereocenters. The van der Waals surface area contributed by atoms with Crippen LogP contribution in [0.25, 0.3) is 0 Å². The Bertz CT molecular complexity index is 363. The van der Waals surface area contributed by atoms with E-state index in [1.807, 2.05) is 6.92 Å². The van der Waals surface area contributed by atoms with Gasteiger partial charge in [-0.25, -0.2) is 8.78 Å². The van der Waals surface area contributed by atoms with E-state index in [-0.39, 0.29) is 12.0 Å². The van der Waals surface area contributed by atoms with Crippen molar-refractivity contribution in [2.24, 2.45) is 5.73 Å². The Kier molecular flexibility index (Phi) is 2.27. The van der Waals surface area contributed by atoms with Gasteiger partial charge in [0.25, 0.3) is 0 Å².